The highest BCUT2D eigenvalue weighted by Crippen LogP contribution is 2.16. The number of hydrogen-bond donors (Lipinski definition) is 1. The van der Waals surface area contributed by atoms with Crippen molar-refractivity contribution >= 4 is 11.9 Å². The Balaban J connectivity index is 1.73. The first-order valence-corrected chi connectivity index (χ1v) is 8.09. The molecular formula is C19H19F2NO5. The molecule has 6 nitrogen and oxygen atoms in total. The number of alkyl halides is 2. The Labute approximate surface area is 155 Å². The second kappa shape index (κ2) is 10.1. The zero-order chi connectivity index (χ0) is 19.6. The molecule has 0 spiro atoms. The van der Waals surface area contributed by atoms with Gasteiger partial charge in [-0.05, 0) is 42.3 Å². The Hall–Kier alpha value is -3.16. The van der Waals surface area contributed by atoms with Crippen molar-refractivity contribution in [1.82, 2.24) is 5.32 Å². The van der Waals surface area contributed by atoms with Crippen LogP contribution in [0.5, 0.6) is 11.5 Å². The second-order valence-corrected chi connectivity index (χ2v) is 5.43. The van der Waals surface area contributed by atoms with E-state index in [1.54, 1.807) is 7.11 Å². The number of nitrogens with one attached hydrogen (secondary N) is 1. The molecule has 0 aliphatic rings. The molecule has 0 bridgehead atoms. The maximum Gasteiger partial charge on any atom is 0.387 e. The van der Waals surface area contributed by atoms with Crippen LogP contribution in [0.25, 0.3) is 0 Å². The molecule has 0 fully saturated rings. The van der Waals surface area contributed by atoms with Gasteiger partial charge in [0, 0.05) is 6.54 Å². The number of carbonyl (C=O) groups is 2. The topological polar surface area (TPSA) is 73.9 Å². The fourth-order valence-electron chi connectivity index (χ4n) is 2.20. The number of rotatable bonds is 9. The maximum atomic E-state index is 12.2. The van der Waals surface area contributed by atoms with Crippen LogP contribution in [0, 0.1) is 0 Å². The number of carbonyl (C=O) groups excluding carboxylic acids is 2. The molecule has 0 aliphatic heterocycles. The number of methoxy groups -OCH3 is 1. The minimum Gasteiger partial charge on any atom is -0.497 e. The minimum absolute atomic E-state index is 0.0131. The van der Waals surface area contributed by atoms with Crippen LogP contribution < -0.4 is 14.8 Å². The highest BCUT2D eigenvalue weighted by molar-refractivity contribution is 5.91. The highest BCUT2D eigenvalue weighted by atomic mass is 19.3. The van der Waals surface area contributed by atoms with Crippen molar-refractivity contribution in [2.45, 2.75) is 13.0 Å². The third-order valence-electron chi connectivity index (χ3n) is 3.52. The zero-order valence-corrected chi connectivity index (χ0v) is 14.6. The largest absolute Gasteiger partial charge is 0.497 e. The van der Waals surface area contributed by atoms with Gasteiger partial charge in [-0.15, -0.1) is 0 Å². The van der Waals surface area contributed by atoms with Gasteiger partial charge in [0.05, 0.1) is 12.7 Å². The Morgan fingerprint density at radius 1 is 1.07 bits per heavy atom. The van der Waals surface area contributed by atoms with Crippen molar-refractivity contribution in [2.24, 2.45) is 0 Å². The summed E-state index contributed by atoms with van der Waals surface area (Å²) in [6.45, 7) is -3.09. The smallest absolute Gasteiger partial charge is 0.387 e. The van der Waals surface area contributed by atoms with Crippen LogP contribution in [0.3, 0.4) is 0 Å². The summed E-state index contributed by atoms with van der Waals surface area (Å²) in [6, 6.07) is 12.6. The standard InChI is InChI=1S/C19H19F2NO5/c1-25-15-7-5-13(6-8-15)9-10-22-17(23)12-26-18(24)14-3-2-4-16(11-14)27-19(20)21/h2-8,11,19H,9-10,12H2,1H3,(H,22,23). The molecule has 0 atom stereocenters. The van der Waals surface area contributed by atoms with Gasteiger partial charge in [0.1, 0.15) is 11.5 Å². The molecule has 0 heterocycles. The molecule has 1 N–H and O–H groups in total. The van der Waals surface area contributed by atoms with Crippen molar-refractivity contribution in [2.75, 3.05) is 20.3 Å². The van der Waals surface area contributed by atoms with Crippen LogP contribution in [0.1, 0.15) is 15.9 Å². The van der Waals surface area contributed by atoms with Crippen molar-refractivity contribution < 1.29 is 32.6 Å². The third-order valence-corrected chi connectivity index (χ3v) is 3.52. The molecule has 1 amide bonds. The highest BCUT2D eigenvalue weighted by Gasteiger charge is 2.12. The maximum absolute atomic E-state index is 12.2. The fraction of sp³-hybridized carbons (Fsp3) is 0.263. The van der Waals surface area contributed by atoms with Crippen LogP contribution in [-0.2, 0) is 16.0 Å². The first kappa shape index (κ1) is 20.2. The van der Waals surface area contributed by atoms with Crippen molar-refractivity contribution in [3.8, 4) is 11.5 Å². The first-order chi connectivity index (χ1) is 13.0. The van der Waals surface area contributed by atoms with Gasteiger partial charge in [0.2, 0.25) is 0 Å². The lowest BCUT2D eigenvalue weighted by atomic mass is 10.1. The lowest BCUT2D eigenvalue weighted by Crippen LogP contribution is -2.30. The number of benzene rings is 2. The molecule has 27 heavy (non-hydrogen) atoms. The molecule has 8 heteroatoms. The summed E-state index contributed by atoms with van der Waals surface area (Å²) in [5.74, 6) is -0.682. The predicted molar refractivity (Wildman–Crippen MR) is 93.1 cm³/mol. The fourth-order valence-corrected chi connectivity index (χ4v) is 2.20. The summed E-state index contributed by atoms with van der Waals surface area (Å²) in [5.41, 5.74) is 1.03. The Morgan fingerprint density at radius 3 is 2.48 bits per heavy atom. The number of esters is 1. The van der Waals surface area contributed by atoms with Gasteiger partial charge in [0.15, 0.2) is 6.61 Å². The molecule has 0 saturated carbocycles. The average molecular weight is 379 g/mol. The van der Waals surface area contributed by atoms with Crippen molar-refractivity contribution in [3.05, 3.63) is 59.7 Å². The van der Waals surface area contributed by atoms with E-state index in [0.29, 0.717) is 13.0 Å². The van der Waals surface area contributed by atoms with Gasteiger partial charge >= 0.3 is 12.6 Å². The average Bonchev–Trinajstić information content (AvgIpc) is 2.66. The summed E-state index contributed by atoms with van der Waals surface area (Å²) in [7, 11) is 1.58. The molecule has 2 aromatic rings. The van der Waals surface area contributed by atoms with Gasteiger partial charge in [-0.1, -0.05) is 18.2 Å². The van der Waals surface area contributed by atoms with Crippen molar-refractivity contribution in [1.29, 1.82) is 0 Å². The summed E-state index contributed by atoms with van der Waals surface area (Å²) >= 11 is 0. The van der Waals surface area contributed by atoms with E-state index in [1.165, 1.54) is 18.2 Å². The van der Waals surface area contributed by atoms with E-state index in [4.69, 9.17) is 9.47 Å². The van der Waals surface area contributed by atoms with Crippen LogP contribution in [-0.4, -0.2) is 38.7 Å². The van der Waals surface area contributed by atoms with E-state index in [-0.39, 0.29) is 11.3 Å². The molecule has 2 rings (SSSR count). The molecule has 0 radical (unpaired) electrons. The summed E-state index contributed by atoms with van der Waals surface area (Å²) in [5, 5.41) is 2.63. The number of hydrogen-bond acceptors (Lipinski definition) is 5. The molecular weight excluding hydrogens is 360 g/mol. The van der Waals surface area contributed by atoms with Gasteiger partial charge in [-0.3, -0.25) is 4.79 Å². The second-order valence-electron chi connectivity index (χ2n) is 5.43. The number of ether oxygens (including phenoxy) is 3. The molecule has 0 unspecified atom stereocenters. The van der Waals surface area contributed by atoms with Gasteiger partial charge in [-0.25, -0.2) is 4.79 Å². The molecule has 0 aliphatic carbocycles. The normalized spacial score (nSPS) is 10.4. The quantitative estimate of drug-likeness (QED) is 0.679. The Kier molecular flexibility index (Phi) is 7.54. The predicted octanol–water partition coefficient (Wildman–Crippen LogP) is 2.81. The zero-order valence-electron chi connectivity index (χ0n) is 14.6. The Bertz CT molecular complexity index is 765. The third kappa shape index (κ3) is 6.93. The van der Waals surface area contributed by atoms with Crippen LogP contribution in [0.4, 0.5) is 8.78 Å². The summed E-state index contributed by atoms with van der Waals surface area (Å²) in [6.07, 6.45) is 0.608. The molecule has 0 aromatic heterocycles. The van der Waals surface area contributed by atoms with E-state index in [2.05, 4.69) is 10.1 Å². The van der Waals surface area contributed by atoms with Crippen LogP contribution in [0.2, 0.25) is 0 Å². The lowest BCUT2D eigenvalue weighted by molar-refractivity contribution is -0.124. The van der Waals surface area contributed by atoms with Gasteiger partial charge in [0.25, 0.3) is 5.91 Å². The van der Waals surface area contributed by atoms with Gasteiger partial charge in [-0.2, -0.15) is 8.78 Å². The van der Waals surface area contributed by atoms with Crippen molar-refractivity contribution in [3.63, 3.8) is 0 Å². The van der Waals surface area contributed by atoms with Crippen LogP contribution in [0.15, 0.2) is 48.5 Å². The molecule has 0 saturated heterocycles. The van der Waals surface area contributed by atoms with Crippen LogP contribution >= 0.6 is 0 Å². The lowest BCUT2D eigenvalue weighted by Gasteiger charge is -2.08. The number of amides is 1. The summed E-state index contributed by atoms with van der Waals surface area (Å²) in [4.78, 5) is 23.6. The Morgan fingerprint density at radius 2 is 1.81 bits per heavy atom. The molecule has 144 valence electrons. The van der Waals surface area contributed by atoms with E-state index >= 15 is 0 Å². The van der Waals surface area contributed by atoms with E-state index < -0.39 is 25.1 Å². The minimum atomic E-state index is -2.99. The van der Waals surface area contributed by atoms with E-state index in [1.807, 2.05) is 24.3 Å². The van der Waals surface area contributed by atoms with E-state index in [9.17, 15) is 18.4 Å². The SMILES string of the molecule is COc1ccc(CCNC(=O)COC(=O)c2cccc(OC(F)F)c2)cc1. The molecule has 2 aromatic carbocycles. The monoisotopic (exact) mass is 379 g/mol. The number of halogens is 2. The first-order valence-electron chi connectivity index (χ1n) is 8.09. The summed E-state index contributed by atoms with van der Waals surface area (Å²) < 4.78 is 38.5. The van der Waals surface area contributed by atoms with E-state index in [0.717, 1.165) is 17.4 Å². The van der Waals surface area contributed by atoms with Gasteiger partial charge < -0.3 is 19.5 Å².